The Morgan fingerprint density at radius 3 is 2.60 bits per heavy atom. The first kappa shape index (κ1) is 15.4. The van der Waals surface area contributed by atoms with Crippen molar-refractivity contribution in [3.05, 3.63) is 63.1 Å². The first-order chi connectivity index (χ1) is 9.56. The third-order valence-corrected chi connectivity index (χ3v) is 3.99. The summed E-state index contributed by atoms with van der Waals surface area (Å²) in [5.41, 5.74) is 3.60. The normalized spacial score (nSPS) is 10.8. The highest BCUT2D eigenvalue weighted by Crippen LogP contribution is 2.23. The number of nitrogens with zero attached hydrogens (tertiary/aromatic N) is 1. The van der Waals surface area contributed by atoms with Gasteiger partial charge in [0.15, 0.2) is 0 Å². The first-order valence-corrected chi connectivity index (χ1v) is 7.64. The van der Waals surface area contributed by atoms with E-state index in [0.29, 0.717) is 0 Å². The Morgan fingerprint density at radius 1 is 1.10 bits per heavy atom. The highest BCUT2D eigenvalue weighted by atomic mass is 79.9. The summed E-state index contributed by atoms with van der Waals surface area (Å²) in [7, 11) is 4.15. The van der Waals surface area contributed by atoms with Gasteiger partial charge in [0.05, 0.1) is 0 Å². The Balaban J connectivity index is 2.12. The lowest BCUT2D eigenvalue weighted by Crippen LogP contribution is -2.13. The lowest BCUT2D eigenvalue weighted by molar-refractivity contribution is 0.403. The molecule has 0 unspecified atom stereocenters. The predicted octanol–water partition coefficient (Wildman–Crippen LogP) is 4.78. The molecule has 4 heteroatoms. The van der Waals surface area contributed by atoms with Crippen molar-refractivity contribution in [2.45, 2.75) is 13.1 Å². The van der Waals surface area contributed by atoms with Crippen LogP contribution in [0.2, 0.25) is 5.02 Å². The molecule has 0 fully saturated rings. The minimum Gasteiger partial charge on any atom is -0.381 e. The van der Waals surface area contributed by atoms with Crippen molar-refractivity contribution in [1.29, 1.82) is 0 Å². The molecule has 0 spiro atoms. The molecule has 0 aliphatic heterocycles. The lowest BCUT2D eigenvalue weighted by Gasteiger charge is -2.16. The van der Waals surface area contributed by atoms with Crippen molar-refractivity contribution < 1.29 is 0 Å². The minimum absolute atomic E-state index is 0.742. The van der Waals surface area contributed by atoms with Crippen molar-refractivity contribution in [1.82, 2.24) is 4.90 Å². The average molecular weight is 354 g/mol. The summed E-state index contributed by atoms with van der Waals surface area (Å²) >= 11 is 9.60. The highest BCUT2D eigenvalue weighted by molar-refractivity contribution is 9.10. The molecule has 106 valence electrons. The largest absolute Gasteiger partial charge is 0.381 e. The molecule has 0 aromatic heterocycles. The maximum Gasteiger partial charge on any atom is 0.0412 e. The van der Waals surface area contributed by atoms with Crippen LogP contribution < -0.4 is 5.32 Å². The summed E-state index contributed by atoms with van der Waals surface area (Å²) in [5.74, 6) is 0. The van der Waals surface area contributed by atoms with Gasteiger partial charge in [-0.2, -0.15) is 0 Å². The van der Waals surface area contributed by atoms with E-state index in [0.717, 1.165) is 33.8 Å². The Labute approximate surface area is 133 Å². The molecule has 0 aliphatic carbocycles. The maximum atomic E-state index is 6.04. The number of rotatable bonds is 5. The van der Waals surface area contributed by atoms with Crippen LogP contribution in [0.3, 0.4) is 0 Å². The van der Waals surface area contributed by atoms with E-state index in [4.69, 9.17) is 11.6 Å². The Bertz CT molecular complexity index is 584. The lowest BCUT2D eigenvalue weighted by atomic mass is 10.1. The van der Waals surface area contributed by atoms with Gasteiger partial charge >= 0.3 is 0 Å². The van der Waals surface area contributed by atoms with E-state index in [-0.39, 0.29) is 0 Å². The van der Waals surface area contributed by atoms with Gasteiger partial charge in [0.1, 0.15) is 0 Å². The number of nitrogens with one attached hydrogen (secondary N) is 1. The molecule has 0 atom stereocenters. The zero-order valence-electron chi connectivity index (χ0n) is 11.7. The van der Waals surface area contributed by atoms with E-state index in [1.54, 1.807) is 0 Å². The van der Waals surface area contributed by atoms with Gasteiger partial charge in [0, 0.05) is 28.3 Å². The average Bonchev–Trinajstić information content (AvgIpc) is 2.41. The second-order valence-electron chi connectivity index (χ2n) is 4.98. The van der Waals surface area contributed by atoms with E-state index in [2.05, 4.69) is 64.5 Å². The fourth-order valence-electron chi connectivity index (χ4n) is 2.04. The van der Waals surface area contributed by atoms with Crippen LogP contribution >= 0.6 is 27.5 Å². The van der Waals surface area contributed by atoms with Crippen LogP contribution in [0.4, 0.5) is 5.69 Å². The molecule has 2 aromatic carbocycles. The van der Waals surface area contributed by atoms with Crippen molar-refractivity contribution >= 4 is 33.2 Å². The van der Waals surface area contributed by atoms with Crippen LogP contribution in [-0.2, 0) is 13.1 Å². The van der Waals surface area contributed by atoms with Gasteiger partial charge < -0.3 is 10.2 Å². The Hall–Kier alpha value is -1.03. The standard InChI is InChI=1S/C16H18BrClN2/c1-20(2)11-12-5-3-4-6-16(12)19-10-13-9-14(18)7-8-15(13)17/h3-9,19H,10-11H2,1-2H3. The molecule has 0 radical (unpaired) electrons. The second kappa shape index (κ2) is 7.11. The highest BCUT2D eigenvalue weighted by Gasteiger charge is 2.05. The van der Waals surface area contributed by atoms with Crippen molar-refractivity contribution in [3.8, 4) is 0 Å². The van der Waals surface area contributed by atoms with E-state index in [9.17, 15) is 0 Å². The maximum absolute atomic E-state index is 6.04. The number of para-hydroxylation sites is 1. The van der Waals surface area contributed by atoms with Gasteiger partial charge in [0.2, 0.25) is 0 Å². The van der Waals surface area contributed by atoms with Crippen LogP contribution in [0, 0.1) is 0 Å². The number of hydrogen-bond acceptors (Lipinski definition) is 2. The van der Waals surface area contributed by atoms with Gasteiger partial charge in [-0.05, 0) is 49.5 Å². The molecular weight excluding hydrogens is 336 g/mol. The van der Waals surface area contributed by atoms with Gasteiger partial charge in [-0.25, -0.2) is 0 Å². The fraction of sp³-hybridized carbons (Fsp3) is 0.250. The minimum atomic E-state index is 0.742. The van der Waals surface area contributed by atoms with Crippen molar-refractivity contribution in [2.75, 3.05) is 19.4 Å². The van der Waals surface area contributed by atoms with E-state index in [1.807, 2.05) is 18.2 Å². The smallest absolute Gasteiger partial charge is 0.0412 e. The molecule has 2 rings (SSSR count). The van der Waals surface area contributed by atoms with Crippen molar-refractivity contribution in [3.63, 3.8) is 0 Å². The van der Waals surface area contributed by atoms with Gasteiger partial charge in [-0.1, -0.05) is 45.7 Å². The van der Waals surface area contributed by atoms with Gasteiger partial charge in [-0.3, -0.25) is 0 Å². The van der Waals surface area contributed by atoms with Gasteiger partial charge in [0.25, 0.3) is 0 Å². The molecule has 2 aromatic rings. The van der Waals surface area contributed by atoms with Crippen LogP contribution in [0.25, 0.3) is 0 Å². The Kier molecular flexibility index (Phi) is 5.46. The quantitative estimate of drug-likeness (QED) is 0.832. The van der Waals surface area contributed by atoms with Gasteiger partial charge in [-0.15, -0.1) is 0 Å². The summed E-state index contributed by atoms with van der Waals surface area (Å²) in [4.78, 5) is 2.16. The first-order valence-electron chi connectivity index (χ1n) is 6.46. The summed E-state index contributed by atoms with van der Waals surface area (Å²) < 4.78 is 1.07. The number of halogens is 2. The molecule has 0 saturated heterocycles. The fourth-order valence-corrected chi connectivity index (χ4v) is 2.62. The van der Waals surface area contributed by atoms with E-state index >= 15 is 0 Å². The summed E-state index contributed by atoms with van der Waals surface area (Å²) in [6.45, 7) is 1.66. The zero-order chi connectivity index (χ0) is 14.5. The molecular formula is C16H18BrClN2. The monoisotopic (exact) mass is 352 g/mol. The molecule has 0 heterocycles. The summed E-state index contributed by atoms with van der Waals surface area (Å²) in [5, 5.41) is 4.24. The summed E-state index contributed by atoms with van der Waals surface area (Å²) in [6, 6.07) is 14.2. The number of hydrogen-bond donors (Lipinski definition) is 1. The van der Waals surface area contributed by atoms with Crippen LogP contribution in [-0.4, -0.2) is 19.0 Å². The number of benzene rings is 2. The van der Waals surface area contributed by atoms with E-state index in [1.165, 1.54) is 5.56 Å². The molecule has 20 heavy (non-hydrogen) atoms. The molecule has 0 aliphatic rings. The topological polar surface area (TPSA) is 15.3 Å². The molecule has 0 saturated carbocycles. The van der Waals surface area contributed by atoms with Crippen molar-refractivity contribution in [2.24, 2.45) is 0 Å². The van der Waals surface area contributed by atoms with Crippen LogP contribution in [0.1, 0.15) is 11.1 Å². The SMILES string of the molecule is CN(C)Cc1ccccc1NCc1cc(Cl)ccc1Br. The van der Waals surface area contributed by atoms with Crippen LogP contribution in [0.5, 0.6) is 0 Å². The molecule has 2 nitrogen and oxygen atoms in total. The predicted molar refractivity (Wildman–Crippen MR) is 90.3 cm³/mol. The number of anilines is 1. The molecule has 0 amide bonds. The molecule has 1 N–H and O–H groups in total. The summed E-state index contributed by atoms with van der Waals surface area (Å²) in [6.07, 6.45) is 0. The van der Waals surface area contributed by atoms with Crippen LogP contribution in [0.15, 0.2) is 46.9 Å². The third-order valence-electron chi connectivity index (χ3n) is 2.98. The third kappa shape index (κ3) is 4.23. The Morgan fingerprint density at radius 2 is 1.85 bits per heavy atom. The molecule has 0 bridgehead atoms. The zero-order valence-corrected chi connectivity index (χ0v) is 14.0. The second-order valence-corrected chi connectivity index (χ2v) is 6.27. The van der Waals surface area contributed by atoms with E-state index < -0.39 is 0 Å².